The van der Waals surface area contributed by atoms with E-state index in [1.807, 2.05) is 45.0 Å². The predicted octanol–water partition coefficient (Wildman–Crippen LogP) is 4.01. The molecule has 0 radical (unpaired) electrons. The fourth-order valence-electron chi connectivity index (χ4n) is 3.71. The lowest BCUT2D eigenvalue weighted by Crippen LogP contribution is -2.38. The summed E-state index contributed by atoms with van der Waals surface area (Å²) in [4.78, 5) is 10.8. The van der Waals surface area contributed by atoms with Crippen molar-refractivity contribution in [3.63, 3.8) is 0 Å². The van der Waals surface area contributed by atoms with E-state index in [2.05, 4.69) is 20.0 Å². The second kappa shape index (κ2) is 8.90. The van der Waals surface area contributed by atoms with Gasteiger partial charge in [0.1, 0.15) is 11.9 Å². The van der Waals surface area contributed by atoms with Gasteiger partial charge in [-0.3, -0.25) is 0 Å². The van der Waals surface area contributed by atoms with Crippen LogP contribution in [0, 0.1) is 6.92 Å². The van der Waals surface area contributed by atoms with Crippen molar-refractivity contribution in [2.45, 2.75) is 50.7 Å². The monoisotopic (exact) mass is 456 g/mol. The molecule has 0 atom stereocenters. The Hall–Kier alpha value is -2.94. The second-order valence-corrected chi connectivity index (χ2v) is 10.4. The van der Waals surface area contributed by atoms with Gasteiger partial charge in [-0.2, -0.15) is 4.98 Å². The Labute approximate surface area is 188 Å². The Morgan fingerprint density at radius 3 is 2.31 bits per heavy atom. The quantitative estimate of drug-likeness (QED) is 0.549. The first-order valence-electron chi connectivity index (χ1n) is 10.7. The molecule has 0 N–H and O–H groups in total. The van der Waals surface area contributed by atoms with Gasteiger partial charge < -0.3 is 14.2 Å². The van der Waals surface area contributed by atoms with E-state index < -0.39 is 9.84 Å². The van der Waals surface area contributed by atoms with Crippen molar-refractivity contribution >= 4 is 15.9 Å². The van der Waals surface area contributed by atoms with Crippen LogP contribution in [0.15, 0.2) is 45.9 Å². The van der Waals surface area contributed by atoms with Crippen molar-refractivity contribution in [1.29, 1.82) is 0 Å². The summed E-state index contributed by atoms with van der Waals surface area (Å²) in [6.07, 6.45) is 3.03. The third-order valence-corrected chi connectivity index (χ3v) is 6.56. The zero-order valence-corrected chi connectivity index (χ0v) is 19.6. The van der Waals surface area contributed by atoms with E-state index in [-0.39, 0.29) is 17.0 Å². The lowest BCUT2D eigenvalue weighted by molar-refractivity contribution is 0.168. The van der Waals surface area contributed by atoms with Crippen LogP contribution in [-0.2, 0) is 9.84 Å². The van der Waals surface area contributed by atoms with Crippen LogP contribution in [0.5, 0.6) is 5.75 Å². The van der Waals surface area contributed by atoms with Gasteiger partial charge >= 0.3 is 6.01 Å². The molecule has 8 nitrogen and oxygen atoms in total. The van der Waals surface area contributed by atoms with Crippen LogP contribution in [0.4, 0.5) is 6.01 Å². The first kappa shape index (κ1) is 22.3. The zero-order valence-electron chi connectivity index (χ0n) is 18.8. The molecular formula is C23H28N4O4S. The van der Waals surface area contributed by atoms with E-state index in [0.717, 1.165) is 54.9 Å². The number of pyridine rings is 1. The first-order chi connectivity index (χ1) is 15.2. The molecule has 0 saturated carbocycles. The molecule has 32 heavy (non-hydrogen) atoms. The van der Waals surface area contributed by atoms with E-state index in [9.17, 15) is 8.42 Å². The number of ether oxygens (including phenoxy) is 1. The van der Waals surface area contributed by atoms with Crippen molar-refractivity contribution in [2.75, 3.05) is 24.2 Å². The fourth-order valence-corrected chi connectivity index (χ4v) is 4.33. The Morgan fingerprint density at radius 1 is 1.06 bits per heavy atom. The predicted molar refractivity (Wildman–Crippen MR) is 122 cm³/mol. The maximum Gasteiger partial charge on any atom is 0.324 e. The maximum atomic E-state index is 11.7. The van der Waals surface area contributed by atoms with Crippen LogP contribution in [-0.4, -0.2) is 49.0 Å². The standard InChI is InChI=1S/C23H28N4O4S/c1-15(2)22-25-23(31-26-22)27-13-11-19(12-14-27)30-18-7-5-17(6-8-18)20-9-10-21(24-16(20)3)32(4,28)29/h5-10,15,19H,11-14H2,1-4H3. The number of aryl methyl sites for hydroxylation is 1. The second-order valence-electron chi connectivity index (χ2n) is 8.47. The molecule has 9 heteroatoms. The van der Waals surface area contributed by atoms with Gasteiger partial charge in [-0.05, 0) is 36.8 Å². The number of hydrogen-bond donors (Lipinski definition) is 0. The Morgan fingerprint density at radius 2 is 1.75 bits per heavy atom. The highest BCUT2D eigenvalue weighted by atomic mass is 32.2. The Balaban J connectivity index is 1.36. The lowest BCUT2D eigenvalue weighted by atomic mass is 10.0. The number of sulfone groups is 1. The van der Waals surface area contributed by atoms with E-state index in [0.29, 0.717) is 11.7 Å². The van der Waals surface area contributed by atoms with Crippen LogP contribution < -0.4 is 9.64 Å². The van der Waals surface area contributed by atoms with Gasteiger partial charge in [0.05, 0.1) is 0 Å². The number of rotatable bonds is 6. The average Bonchev–Trinajstić information content (AvgIpc) is 3.25. The molecule has 1 aliphatic rings. The molecule has 1 aromatic carbocycles. The molecule has 1 saturated heterocycles. The Kier molecular flexibility index (Phi) is 6.19. The maximum absolute atomic E-state index is 11.7. The van der Waals surface area contributed by atoms with E-state index >= 15 is 0 Å². The number of hydrogen-bond acceptors (Lipinski definition) is 8. The first-order valence-corrected chi connectivity index (χ1v) is 12.6. The number of aromatic nitrogens is 3. The van der Waals surface area contributed by atoms with Gasteiger partial charge in [-0.25, -0.2) is 13.4 Å². The third-order valence-electron chi connectivity index (χ3n) is 5.57. The largest absolute Gasteiger partial charge is 0.490 e. The summed E-state index contributed by atoms with van der Waals surface area (Å²) < 4.78 is 35.0. The fraction of sp³-hybridized carbons (Fsp3) is 0.435. The number of piperidine rings is 1. The summed E-state index contributed by atoms with van der Waals surface area (Å²) in [5.74, 6) is 1.79. The molecule has 2 aromatic heterocycles. The van der Waals surface area contributed by atoms with E-state index in [1.165, 1.54) is 0 Å². The van der Waals surface area contributed by atoms with Gasteiger partial charge in [0.15, 0.2) is 20.7 Å². The normalized spacial score (nSPS) is 15.3. The molecule has 170 valence electrons. The van der Waals surface area contributed by atoms with Crippen molar-refractivity contribution in [3.8, 4) is 16.9 Å². The number of benzene rings is 1. The minimum atomic E-state index is -3.32. The minimum absolute atomic E-state index is 0.0889. The molecule has 0 bridgehead atoms. The molecule has 1 aliphatic heterocycles. The molecule has 4 rings (SSSR count). The average molecular weight is 457 g/mol. The van der Waals surface area contributed by atoms with Gasteiger partial charge in [-0.1, -0.05) is 31.1 Å². The van der Waals surface area contributed by atoms with Gasteiger partial charge in [-0.15, -0.1) is 0 Å². The van der Waals surface area contributed by atoms with Crippen LogP contribution in [0.2, 0.25) is 0 Å². The topological polar surface area (TPSA) is 98.4 Å². The van der Waals surface area contributed by atoms with Crippen LogP contribution in [0.3, 0.4) is 0 Å². The molecule has 1 fully saturated rings. The third kappa shape index (κ3) is 4.93. The van der Waals surface area contributed by atoms with Crippen LogP contribution >= 0.6 is 0 Å². The zero-order chi connectivity index (χ0) is 22.9. The van der Waals surface area contributed by atoms with E-state index in [1.54, 1.807) is 12.1 Å². The van der Waals surface area contributed by atoms with Gasteiger partial charge in [0.25, 0.3) is 0 Å². The minimum Gasteiger partial charge on any atom is -0.490 e. The summed E-state index contributed by atoms with van der Waals surface area (Å²) in [6.45, 7) is 7.51. The molecule has 0 spiro atoms. The summed E-state index contributed by atoms with van der Waals surface area (Å²) in [5.41, 5.74) is 2.54. The molecule has 0 amide bonds. The number of nitrogens with zero attached hydrogens (tertiary/aromatic N) is 4. The highest BCUT2D eigenvalue weighted by Gasteiger charge is 2.24. The van der Waals surface area contributed by atoms with Crippen molar-refractivity contribution in [3.05, 3.63) is 47.9 Å². The summed E-state index contributed by atoms with van der Waals surface area (Å²) in [7, 11) is -3.32. The molecule has 3 aromatic rings. The van der Waals surface area contributed by atoms with Crippen LogP contribution in [0.25, 0.3) is 11.1 Å². The van der Waals surface area contributed by atoms with Crippen molar-refractivity contribution in [1.82, 2.24) is 15.1 Å². The van der Waals surface area contributed by atoms with Gasteiger partial charge in [0.2, 0.25) is 0 Å². The van der Waals surface area contributed by atoms with E-state index in [4.69, 9.17) is 9.26 Å². The Bertz CT molecular complexity index is 1180. The van der Waals surface area contributed by atoms with Crippen molar-refractivity contribution < 1.29 is 17.7 Å². The van der Waals surface area contributed by atoms with Gasteiger partial charge in [0, 0.05) is 49.4 Å². The molecule has 0 aliphatic carbocycles. The SMILES string of the molecule is Cc1nc(S(C)(=O)=O)ccc1-c1ccc(OC2CCN(c3nc(C(C)C)no3)CC2)cc1. The lowest BCUT2D eigenvalue weighted by Gasteiger charge is -2.30. The highest BCUT2D eigenvalue weighted by molar-refractivity contribution is 7.90. The summed E-state index contributed by atoms with van der Waals surface area (Å²) in [6, 6.07) is 11.8. The number of anilines is 1. The summed E-state index contributed by atoms with van der Waals surface area (Å²) >= 11 is 0. The molecule has 3 heterocycles. The molecular weight excluding hydrogens is 428 g/mol. The van der Waals surface area contributed by atoms with Crippen molar-refractivity contribution in [2.24, 2.45) is 0 Å². The smallest absolute Gasteiger partial charge is 0.324 e. The highest BCUT2D eigenvalue weighted by Crippen LogP contribution is 2.28. The molecule has 0 unspecified atom stereocenters. The summed E-state index contributed by atoms with van der Waals surface area (Å²) in [5, 5.41) is 4.13. The van der Waals surface area contributed by atoms with Crippen LogP contribution in [0.1, 0.15) is 44.1 Å².